The Balaban J connectivity index is 1.48. The van der Waals surface area contributed by atoms with E-state index in [2.05, 4.69) is 10.3 Å². The minimum Gasteiger partial charge on any atom is -0.497 e. The molecule has 1 aliphatic carbocycles. The molecule has 4 rings (SSSR count). The number of alkyl halides is 1. The number of piperidine rings is 1. The van der Waals surface area contributed by atoms with Crippen LogP contribution < -0.4 is 10.1 Å². The van der Waals surface area contributed by atoms with Crippen molar-refractivity contribution in [2.45, 2.75) is 82.9 Å². The lowest BCUT2D eigenvalue weighted by Crippen LogP contribution is -2.44. The normalized spacial score (nSPS) is 21.1. The van der Waals surface area contributed by atoms with Crippen LogP contribution in [-0.2, 0) is 0 Å². The highest BCUT2D eigenvalue weighted by Crippen LogP contribution is 2.44. The monoisotopic (exact) mass is 476 g/mol. The number of ether oxygens (including phenoxy) is 1. The van der Waals surface area contributed by atoms with E-state index in [9.17, 15) is 5.11 Å². The second-order valence-corrected chi connectivity index (χ2v) is 10.5. The van der Waals surface area contributed by atoms with Crippen molar-refractivity contribution in [1.29, 1.82) is 0 Å². The Labute approximate surface area is 202 Å². The molecule has 182 valence electrons. The van der Waals surface area contributed by atoms with Crippen LogP contribution in [0.2, 0.25) is 5.02 Å². The van der Waals surface area contributed by atoms with Crippen LogP contribution in [0.15, 0.2) is 24.4 Å². The minimum atomic E-state index is -1.22. The zero-order valence-electron chi connectivity index (χ0n) is 19.8. The molecule has 2 aliphatic rings. The third-order valence-corrected chi connectivity index (χ3v) is 8.46. The van der Waals surface area contributed by atoms with Crippen LogP contribution in [0.5, 0.6) is 5.75 Å². The summed E-state index contributed by atoms with van der Waals surface area (Å²) in [4.78, 5) is 4.36. The first-order valence-corrected chi connectivity index (χ1v) is 13.1. The maximum Gasteiger partial charge on any atom is 0.127 e. The third-order valence-electron chi connectivity index (χ3n) is 8.16. The van der Waals surface area contributed by atoms with Crippen LogP contribution in [0.4, 0.5) is 4.39 Å². The molecular formula is C27H38ClFN2O2. The molecule has 1 aromatic heterocycles. The van der Waals surface area contributed by atoms with Gasteiger partial charge in [0.15, 0.2) is 0 Å². The molecule has 4 nitrogen and oxygen atoms in total. The molecule has 0 amide bonds. The van der Waals surface area contributed by atoms with E-state index in [1.165, 1.54) is 38.3 Å². The van der Waals surface area contributed by atoms with Crippen LogP contribution in [0, 0.1) is 11.3 Å². The first-order chi connectivity index (χ1) is 16.0. The van der Waals surface area contributed by atoms with Crippen molar-refractivity contribution in [1.82, 2.24) is 10.3 Å². The van der Waals surface area contributed by atoms with Gasteiger partial charge in [0.2, 0.25) is 0 Å². The zero-order chi connectivity index (χ0) is 23.3. The van der Waals surface area contributed by atoms with Crippen molar-refractivity contribution >= 4 is 22.5 Å². The van der Waals surface area contributed by atoms with Crippen LogP contribution in [-0.4, -0.2) is 36.4 Å². The molecule has 1 saturated carbocycles. The van der Waals surface area contributed by atoms with Crippen molar-refractivity contribution < 1.29 is 14.2 Å². The van der Waals surface area contributed by atoms with E-state index in [0.29, 0.717) is 40.1 Å². The van der Waals surface area contributed by atoms with Gasteiger partial charge in [0, 0.05) is 17.1 Å². The van der Waals surface area contributed by atoms with Gasteiger partial charge in [-0.1, -0.05) is 43.7 Å². The first kappa shape index (κ1) is 24.7. The number of hydrogen-bond donors (Lipinski definition) is 2. The second kappa shape index (κ2) is 11.3. The Morgan fingerprint density at radius 1 is 1.21 bits per heavy atom. The summed E-state index contributed by atoms with van der Waals surface area (Å²) in [5.74, 6) is 1.41. The van der Waals surface area contributed by atoms with Gasteiger partial charge in [-0.3, -0.25) is 4.98 Å². The smallest absolute Gasteiger partial charge is 0.127 e. The summed E-state index contributed by atoms with van der Waals surface area (Å²) in [5.41, 5.74) is 0.973. The molecule has 2 N–H and O–H groups in total. The maximum absolute atomic E-state index is 15.8. The van der Waals surface area contributed by atoms with Gasteiger partial charge in [-0.2, -0.15) is 0 Å². The number of halogens is 2. The van der Waals surface area contributed by atoms with Crippen molar-refractivity contribution in [3.63, 3.8) is 0 Å². The fourth-order valence-corrected chi connectivity index (χ4v) is 6.29. The number of aromatic nitrogens is 1. The highest BCUT2D eigenvalue weighted by atomic mass is 35.5. The number of benzene rings is 1. The van der Waals surface area contributed by atoms with Gasteiger partial charge in [0.25, 0.3) is 0 Å². The van der Waals surface area contributed by atoms with Crippen LogP contribution in [0.25, 0.3) is 10.9 Å². The molecule has 1 aliphatic heterocycles. The number of nitrogens with zero attached hydrogens (tertiary/aromatic N) is 1. The lowest BCUT2D eigenvalue weighted by Gasteiger charge is -2.42. The Morgan fingerprint density at radius 3 is 2.70 bits per heavy atom. The summed E-state index contributed by atoms with van der Waals surface area (Å²) in [7, 11) is 1.60. The summed E-state index contributed by atoms with van der Waals surface area (Å²) in [6, 6.07) is 5.48. The number of hydrogen-bond acceptors (Lipinski definition) is 4. The average Bonchev–Trinajstić information content (AvgIpc) is 2.86. The number of pyridine rings is 1. The van der Waals surface area contributed by atoms with E-state index in [1.54, 1.807) is 7.11 Å². The van der Waals surface area contributed by atoms with E-state index >= 15 is 4.39 Å². The molecule has 0 bridgehead atoms. The second-order valence-electron chi connectivity index (χ2n) is 10.1. The van der Waals surface area contributed by atoms with E-state index < -0.39 is 6.17 Å². The lowest BCUT2D eigenvalue weighted by atomic mass is 9.68. The molecule has 2 heterocycles. The average molecular weight is 477 g/mol. The Morgan fingerprint density at radius 2 is 1.97 bits per heavy atom. The molecule has 0 unspecified atom stereocenters. The zero-order valence-corrected chi connectivity index (χ0v) is 20.5. The summed E-state index contributed by atoms with van der Waals surface area (Å²) < 4.78 is 21.1. The number of rotatable bonds is 9. The largest absolute Gasteiger partial charge is 0.497 e. The van der Waals surface area contributed by atoms with Crippen molar-refractivity contribution in [3.8, 4) is 5.75 Å². The Hall–Kier alpha value is -1.43. The molecule has 2 atom stereocenters. The van der Waals surface area contributed by atoms with Gasteiger partial charge < -0.3 is 15.2 Å². The maximum atomic E-state index is 15.8. The van der Waals surface area contributed by atoms with Gasteiger partial charge in [-0.25, -0.2) is 4.39 Å². The fraction of sp³-hybridized carbons (Fsp3) is 0.667. The highest BCUT2D eigenvalue weighted by Gasteiger charge is 2.39. The van der Waals surface area contributed by atoms with Gasteiger partial charge >= 0.3 is 0 Å². The summed E-state index contributed by atoms with van der Waals surface area (Å²) in [5, 5.41) is 15.8. The number of nitrogens with one attached hydrogen (secondary N) is 1. The Kier molecular flexibility index (Phi) is 8.48. The van der Waals surface area contributed by atoms with Crippen molar-refractivity contribution in [2.75, 3.05) is 20.2 Å². The molecule has 0 spiro atoms. The van der Waals surface area contributed by atoms with Gasteiger partial charge in [-0.15, -0.1) is 0 Å². The fourth-order valence-electron chi connectivity index (χ4n) is 6.02. The summed E-state index contributed by atoms with van der Waals surface area (Å²) in [6.45, 7) is 1.77. The number of fused-ring (bicyclic) bond motifs is 1. The number of methoxy groups -OCH3 is 1. The summed E-state index contributed by atoms with van der Waals surface area (Å²) in [6.07, 6.45) is 11.3. The van der Waals surface area contributed by atoms with Gasteiger partial charge in [0.1, 0.15) is 11.9 Å². The van der Waals surface area contributed by atoms with Crippen LogP contribution in [0.3, 0.4) is 0 Å². The molecule has 1 saturated heterocycles. The lowest BCUT2D eigenvalue weighted by molar-refractivity contribution is -0.0201. The molecule has 2 fully saturated rings. The molecule has 0 radical (unpaired) electrons. The standard InChI is InChI=1S/C27H38ClFN2O2/c1-33-20-8-9-24-21(17-20)26(22(28)18-31-24)23(29)11-12-27(13-15-30-16-14-27)25(32)10-7-19-5-3-2-4-6-19/h8-9,17-19,23,25,30,32H,2-7,10-16H2,1H3/t23-,25+/m1/s1. The van der Waals surface area contributed by atoms with E-state index in [1.807, 2.05) is 18.2 Å². The number of aliphatic hydroxyl groups excluding tert-OH is 1. The highest BCUT2D eigenvalue weighted by molar-refractivity contribution is 6.32. The van der Waals surface area contributed by atoms with E-state index in [0.717, 1.165) is 44.7 Å². The SMILES string of the molecule is COc1ccc2ncc(Cl)c([C@H](F)CCC3([C@@H](O)CCC4CCCCC4)CCNCC3)c2c1. The quantitative estimate of drug-likeness (QED) is 0.419. The van der Waals surface area contributed by atoms with Crippen LogP contribution >= 0.6 is 11.6 Å². The summed E-state index contributed by atoms with van der Waals surface area (Å²) >= 11 is 6.45. The van der Waals surface area contributed by atoms with Gasteiger partial charge in [0.05, 0.1) is 23.8 Å². The van der Waals surface area contributed by atoms with Crippen molar-refractivity contribution in [3.05, 3.63) is 35.0 Å². The van der Waals surface area contributed by atoms with Crippen molar-refractivity contribution in [2.24, 2.45) is 11.3 Å². The molecular weight excluding hydrogens is 439 g/mol. The van der Waals surface area contributed by atoms with Crippen LogP contribution in [0.1, 0.15) is 82.4 Å². The minimum absolute atomic E-state index is 0.225. The molecule has 6 heteroatoms. The predicted octanol–water partition coefficient (Wildman–Crippen LogP) is 6.78. The molecule has 2 aromatic rings. The van der Waals surface area contributed by atoms with E-state index in [-0.39, 0.29) is 11.5 Å². The number of aliphatic hydroxyl groups is 1. The Bertz CT molecular complexity index is 912. The van der Waals surface area contributed by atoms with E-state index in [4.69, 9.17) is 16.3 Å². The third kappa shape index (κ3) is 5.80. The van der Waals surface area contributed by atoms with Gasteiger partial charge in [-0.05, 0) is 81.1 Å². The molecule has 1 aromatic carbocycles. The predicted molar refractivity (Wildman–Crippen MR) is 133 cm³/mol. The topological polar surface area (TPSA) is 54.4 Å². The first-order valence-electron chi connectivity index (χ1n) is 12.7. The molecule has 33 heavy (non-hydrogen) atoms.